The Labute approximate surface area is 194 Å². The molecule has 1 aromatic carbocycles. The minimum Gasteiger partial charge on any atom is -0.501 e. The average Bonchev–Trinajstić information content (AvgIpc) is 2.99. The Bertz CT molecular complexity index is 1340. The van der Waals surface area contributed by atoms with E-state index in [0.717, 1.165) is 19.3 Å². The number of carbonyl (C=O) groups is 1. The Balaban J connectivity index is 1.46. The number of aryl methyl sites for hydroxylation is 2. The highest BCUT2D eigenvalue weighted by Gasteiger charge is 2.45. The number of carbonyl (C=O) groups excluding carboxylic acids is 1. The first kappa shape index (κ1) is 22.2. The molecule has 3 aromatic rings. The van der Waals surface area contributed by atoms with Gasteiger partial charge in [0.05, 0.1) is 30.9 Å². The summed E-state index contributed by atoms with van der Waals surface area (Å²) in [6.45, 7) is 4.53. The molecule has 0 saturated heterocycles. The van der Waals surface area contributed by atoms with Gasteiger partial charge >= 0.3 is 0 Å². The first-order valence-corrected chi connectivity index (χ1v) is 11.2. The highest BCUT2D eigenvalue weighted by molar-refractivity contribution is 5.94. The molecule has 0 unspecified atom stereocenters. The van der Waals surface area contributed by atoms with E-state index < -0.39 is 28.4 Å². The van der Waals surface area contributed by atoms with Gasteiger partial charge in [-0.1, -0.05) is 12.5 Å². The number of hydrogen-bond donors (Lipinski definition) is 2. The Morgan fingerprint density at radius 1 is 1.29 bits per heavy atom. The highest BCUT2D eigenvalue weighted by Crippen LogP contribution is 2.44. The van der Waals surface area contributed by atoms with Gasteiger partial charge in [-0.25, -0.2) is 19.0 Å². The summed E-state index contributed by atoms with van der Waals surface area (Å²) in [5.74, 6) is -0.254. The van der Waals surface area contributed by atoms with Crippen LogP contribution in [0.25, 0.3) is 5.69 Å². The number of amides is 1. The van der Waals surface area contributed by atoms with E-state index in [1.165, 1.54) is 21.4 Å². The number of fused-ring (bicyclic) bond motifs is 2. The summed E-state index contributed by atoms with van der Waals surface area (Å²) in [5.41, 5.74) is -0.366. The van der Waals surface area contributed by atoms with E-state index in [-0.39, 0.29) is 18.8 Å². The number of hydrogen-bond acceptors (Lipinski definition) is 7. The van der Waals surface area contributed by atoms with Crippen molar-refractivity contribution in [1.82, 2.24) is 29.6 Å². The number of aromatic nitrogens is 5. The molecule has 178 valence electrons. The Morgan fingerprint density at radius 3 is 2.76 bits per heavy atom. The summed E-state index contributed by atoms with van der Waals surface area (Å²) in [4.78, 5) is 34.6. The third kappa shape index (κ3) is 3.65. The summed E-state index contributed by atoms with van der Waals surface area (Å²) >= 11 is 0. The van der Waals surface area contributed by atoms with Crippen molar-refractivity contribution in [3.63, 3.8) is 0 Å². The van der Waals surface area contributed by atoms with Crippen molar-refractivity contribution in [1.29, 1.82) is 0 Å². The van der Waals surface area contributed by atoms with Crippen LogP contribution in [-0.4, -0.2) is 48.5 Å². The van der Waals surface area contributed by atoms with Crippen molar-refractivity contribution in [2.75, 3.05) is 13.2 Å². The monoisotopic (exact) mass is 468 g/mol. The number of aromatic hydroxyl groups is 1. The first-order chi connectivity index (χ1) is 16.3. The van der Waals surface area contributed by atoms with Crippen LogP contribution in [0.4, 0.5) is 4.39 Å². The van der Waals surface area contributed by atoms with Gasteiger partial charge in [-0.3, -0.25) is 14.2 Å². The van der Waals surface area contributed by atoms with Crippen LogP contribution >= 0.6 is 0 Å². The van der Waals surface area contributed by atoms with E-state index in [0.29, 0.717) is 41.9 Å². The van der Waals surface area contributed by atoms with Gasteiger partial charge in [0.25, 0.3) is 11.5 Å². The molecule has 2 aliphatic rings. The molecule has 3 heterocycles. The van der Waals surface area contributed by atoms with Gasteiger partial charge in [0, 0.05) is 6.54 Å². The maximum Gasteiger partial charge on any atom is 0.296 e. The number of nitrogens with one attached hydrogen (secondary N) is 1. The lowest BCUT2D eigenvalue weighted by Crippen LogP contribution is -2.44. The van der Waals surface area contributed by atoms with Crippen LogP contribution in [0.15, 0.2) is 23.0 Å². The summed E-state index contributed by atoms with van der Waals surface area (Å²) in [6.07, 6.45) is 2.60. The van der Waals surface area contributed by atoms with E-state index >= 15 is 0 Å². The van der Waals surface area contributed by atoms with Crippen molar-refractivity contribution >= 4 is 5.91 Å². The molecule has 1 aliphatic carbocycles. The molecule has 2 aromatic heterocycles. The van der Waals surface area contributed by atoms with Gasteiger partial charge in [-0.05, 0) is 44.4 Å². The number of ether oxygens (including phenoxy) is 1. The van der Waals surface area contributed by atoms with Crippen molar-refractivity contribution in [2.45, 2.75) is 51.6 Å². The van der Waals surface area contributed by atoms with Gasteiger partial charge in [0.15, 0.2) is 5.69 Å². The van der Waals surface area contributed by atoms with Crippen LogP contribution in [0.3, 0.4) is 0 Å². The lowest BCUT2D eigenvalue weighted by molar-refractivity contribution is 0.0532. The zero-order chi connectivity index (χ0) is 24.0. The fourth-order valence-electron chi connectivity index (χ4n) is 4.67. The number of benzene rings is 1. The molecule has 1 saturated carbocycles. The SMILES string of the molecule is Cc1nc(C)n(-c2cc(F)ccc2CNC(=O)c2nc3n(c(=O)c2O)CCOCC32CCC2)n1. The molecule has 1 amide bonds. The fraction of sp³-hybridized carbons (Fsp3) is 0.435. The van der Waals surface area contributed by atoms with Crippen LogP contribution in [0.2, 0.25) is 0 Å². The van der Waals surface area contributed by atoms with Gasteiger partial charge in [-0.2, -0.15) is 5.10 Å². The number of rotatable bonds is 4. The topological polar surface area (TPSA) is 124 Å². The summed E-state index contributed by atoms with van der Waals surface area (Å²) in [5, 5.41) is 17.5. The van der Waals surface area contributed by atoms with Gasteiger partial charge in [0.2, 0.25) is 5.75 Å². The second kappa shape index (κ2) is 8.32. The minimum absolute atomic E-state index is 0.000582. The third-order valence-electron chi connectivity index (χ3n) is 6.57. The lowest BCUT2D eigenvalue weighted by atomic mass is 9.68. The molecule has 1 spiro atoms. The molecule has 0 atom stereocenters. The zero-order valence-corrected chi connectivity index (χ0v) is 19.0. The highest BCUT2D eigenvalue weighted by atomic mass is 19.1. The Morgan fingerprint density at radius 2 is 2.09 bits per heavy atom. The summed E-state index contributed by atoms with van der Waals surface area (Å²) in [6, 6.07) is 4.14. The van der Waals surface area contributed by atoms with E-state index in [4.69, 9.17) is 4.74 Å². The van der Waals surface area contributed by atoms with E-state index in [9.17, 15) is 19.1 Å². The smallest absolute Gasteiger partial charge is 0.296 e. The van der Waals surface area contributed by atoms with Gasteiger partial charge in [0.1, 0.15) is 23.3 Å². The molecular weight excluding hydrogens is 443 g/mol. The van der Waals surface area contributed by atoms with E-state index in [2.05, 4.69) is 20.4 Å². The predicted octanol–water partition coefficient (Wildman–Crippen LogP) is 1.67. The minimum atomic E-state index is -0.695. The van der Waals surface area contributed by atoms with Crippen molar-refractivity contribution in [2.24, 2.45) is 0 Å². The van der Waals surface area contributed by atoms with Gasteiger partial charge < -0.3 is 15.2 Å². The molecule has 0 radical (unpaired) electrons. The zero-order valence-electron chi connectivity index (χ0n) is 19.0. The molecule has 5 rings (SSSR count). The second-order valence-corrected chi connectivity index (χ2v) is 8.85. The second-order valence-electron chi connectivity index (χ2n) is 8.85. The standard InChI is InChI=1S/C23H25FN6O4/c1-13-26-14(2)30(28-13)17-10-16(24)5-4-15(17)11-25-20(32)18-19(31)21(33)29-8-9-34-12-23(6-3-7-23)22(29)27-18/h4-5,10,31H,3,6-9,11-12H2,1-2H3,(H,25,32). The van der Waals surface area contributed by atoms with Crippen LogP contribution in [0, 0.1) is 19.7 Å². The quantitative estimate of drug-likeness (QED) is 0.597. The largest absolute Gasteiger partial charge is 0.501 e. The van der Waals surface area contributed by atoms with E-state index in [1.54, 1.807) is 19.9 Å². The molecule has 34 heavy (non-hydrogen) atoms. The molecule has 0 bridgehead atoms. The Hall–Kier alpha value is -3.60. The maximum atomic E-state index is 14.0. The Kier molecular flexibility index (Phi) is 5.43. The van der Waals surface area contributed by atoms with Crippen LogP contribution < -0.4 is 10.9 Å². The van der Waals surface area contributed by atoms with Crippen molar-refractivity contribution < 1.29 is 19.0 Å². The van der Waals surface area contributed by atoms with E-state index in [1.807, 2.05) is 0 Å². The normalized spacial score (nSPS) is 16.6. The number of halogens is 1. The van der Waals surface area contributed by atoms with Crippen LogP contribution in [-0.2, 0) is 23.2 Å². The first-order valence-electron chi connectivity index (χ1n) is 11.2. The predicted molar refractivity (Wildman–Crippen MR) is 118 cm³/mol. The van der Waals surface area contributed by atoms with Crippen molar-refractivity contribution in [3.8, 4) is 11.4 Å². The van der Waals surface area contributed by atoms with Gasteiger partial charge in [-0.15, -0.1) is 0 Å². The maximum absolute atomic E-state index is 14.0. The average molecular weight is 468 g/mol. The lowest BCUT2D eigenvalue weighted by Gasteiger charge is -2.40. The van der Waals surface area contributed by atoms with Crippen LogP contribution in [0.1, 0.15) is 52.8 Å². The summed E-state index contributed by atoms with van der Waals surface area (Å²) < 4.78 is 22.6. The third-order valence-corrected chi connectivity index (χ3v) is 6.57. The molecule has 10 nitrogen and oxygen atoms in total. The molecule has 1 fully saturated rings. The van der Waals surface area contributed by atoms with Crippen molar-refractivity contribution in [3.05, 3.63) is 63.1 Å². The molecule has 1 aliphatic heterocycles. The fourth-order valence-corrected chi connectivity index (χ4v) is 4.67. The molecule has 2 N–H and O–H groups in total. The molecular formula is C23H25FN6O4. The van der Waals surface area contributed by atoms with Crippen LogP contribution in [0.5, 0.6) is 5.75 Å². The summed E-state index contributed by atoms with van der Waals surface area (Å²) in [7, 11) is 0. The number of nitrogens with zero attached hydrogens (tertiary/aromatic N) is 5. The molecule has 11 heteroatoms.